The molecule has 1 unspecified atom stereocenters. The van der Waals surface area contributed by atoms with Crippen LogP contribution >= 0.6 is 11.6 Å². The second kappa shape index (κ2) is 6.66. The van der Waals surface area contributed by atoms with Gasteiger partial charge in [0.15, 0.2) is 0 Å². The molecule has 19 heavy (non-hydrogen) atoms. The maximum atomic E-state index is 14.1. The van der Waals surface area contributed by atoms with Crippen molar-refractivity contribution in [2.24, 2.45) is 5.73 Å². The number of rotatable bonds is 7. The van der Waals surface area contributed by atoms with Crippen LogP contribution in [0.15, 0.2) is 18.2 Å². The number of halogens is 2. The lowest BCUT2D eigenvalue weighted by Crippen LogP contribution is -2.38. The molecule has 0 aromatic heterocycles. The van der Waals surface area contributed by atoms with Gasteiger partial charge in [-0.15, -0.1) is 0 Å². The summed E-state index contributed by atoms with van der Waals surface area (Å²) in [6.45, 7) is 1.70. The lowest BCUT2D eigenvalue weighted by Gasteiger charge is -2.31. The molecule has 0 heterocycles. The Bertz CT molecular complexity index is 406. The Hall–Kier alpha value is -0.680. The van der Waals surface area contributed by atoms with Crippen molar-refractivity contribution in [1.82, 2.24) is 4.90 Å². The van der Waals surface area contributed by atoms with Gasteiger partial charge < -0.3 is 10.5 Å². The zero-order chi connectivity index (χ0) is 13.8. The molecule has 5 heteroatoms. The van der Waals surface area contributed by atoms with Crippen LogP contribution in [0.5, 0.6) is 0 Å². The molecule has 0 spiro atoms. The summed E-state index contributed by atoms with van der Waals surface area (Å²) in [4.78, 5) is 2.22. The van der Waals surface area contributed by atoms with Gasteiger partial charge in [0.1, 0.15) is 5.82 Å². The molecular weight excluding hydrogens is 267 g/mol. The normalized spacial score (nSPS) is 16.9. The Kier molecular flexibility index (Phi) is 5.16. The Balaban J connectivity index is 2.25. The highest BCUT2D eigenvalue weighted by Gasteiger charge is 2.35. The standard InChI is InChI=1S/C14H20ClFN2O/c1-19-8-7-18(10-5-6-10)13(9-17)14-11(15)3-2-4-12(14)16/h2-4,10,13H,5-9,17H2,1H3. The van der Waals surface area contributed by atoms with Crippen molar-refractivity contribution in [3.05, 3.63) is 34.6 Å². The summed E-state index contributed by atoms with van der Waals surface area (Å²) in [5.74, 6) is -0.286. The second-order valence-electron chi connectivity index (χ2n) is 4.85. The van der Waals surface area contributed by atoms with E-state index in [2.05, 4.69) is 4.90 Å². The van der Waals surface area contributed by atoms with Crippen molar-refractivity contribution in [1.29, 1.82) is 0 Å². The van der Waals surface area contributed by atoms with E-state index in [-0.39, 0.29) is 11.9 Å². The molecular formula is C14H20ClFN2O. The van der Waals surface area contributed by atoms with E-state index in [1.54, 1.807) is 19.2 Å². The molecule has 3 nitrogen and oxygen atoms in total. The SMILES string of the molecule is COCCN(C1CC1)C(CN)c1c(F)cccc1Cl. The van der Waals surface area contributed by atoms with Gasteiger partial charge in [0.25, 0.3) is 0 Å². The van der Waals surface area contributed by atoms with E-state index in [0.29, 0.717) is 29.8 Å². The van der Waals surface area contributed by atoms with Crippen LogP contribution in [0.3, 0.4) is 0 Å². The van der Waals surface area contributed by atoms with E-state index in [4.69, 9.17) is 22.1 Å². The predicted molar refractivity (Wildman–Crippen MR) is 74.8 cm³/mol. The maximum absolute atomic E-state index is 14.1. The third kappa shape index (κ3) is 3.45. The van der Waals surface area contributed by atoms with Crippen molar-refractivity contribution < 1.29 is 9.13 Å². The molecule has 1 saturated carbocycles. The Morgan fingerprint density at radius 3 is 2.79 bits per heavy atom. The fourth-order valence-electron chi connectivity index (χ4n) is 2.44. The molecule has 1 aliphatic rings. The molecule has 0 radical (unpaired) electrons. The molecule has 2 rings (SSSR count). The summed E-state index contributed by atoms with van der Waals surface area (Å²) in [7, 11) is 1.67. The Labute approximate surface area is 118 Å². The first-order valence-electron chi connectivity index (χ1n) is 6.57. The van der Waals surface area contributed by atoms with Crippen molar-refractivity contribution in [2.45, 2.75) is 24.9 Å². The molecule has 1 aliphatic carbocycles. The molecule has 0 amide bonds. The minimum Gasteiger partial charge on any atom is -0.383 e. The van der Waals surface area contributed by atoms with Crippen molar-refractivity contribution in [3.8, 4) is 0 Å². The summed E-state index contributed by atoms with van der Waals surface area (Å²) in [5.41, 5.74) is 6.38. The summed E-state index contributed by atoms with van der Waals surface area (Å²) < 4.78 is 19.2. The van der Waals surface area contributed by atoms with Crippen molar-refractivity contribution in [3.63, 3.8) is 0 Å². The zero-order valence-electron chi connectivity index (χ0n) is 11.1. The van der Waals surface area contributed by atoms with Crippen LogP contribution in [0.1, 0.15) is 24.4 Å². The highest BCUT2D eigenvalue weighted by Crippen LogP contribution is 2.37. The number of nitrogens with two attached hydrogens (primary N) is 1. The monoisotopic (exact) mass is 286 g/mol. The van der Waals surface area contributed by atoms with E-state index in [1.165, 1.54) is 6.07 Å². The van der Waals surface area contributed by atoms with E-state index < -0.39 is 0 Å². The fourth-order valence-corrected chi connectivity index (χ4v) is 2.73. The molecule has 2 N–H and O–H groups in total. The van der Waals surface area contributed by atoms with Crippen LogP contribution in [0.25, 0.3) is 0 Å². The first kappa shape index (κ1) is 14.7. The van der Waals surface area contributed by atoms with E-state index in [9.17, 15) is 4.39 Å². The second-order valence-corrected chi connectivity index (χ2v) is 5.26. The molecule has 0 bridgehead atoms. The number of nitrogens with zero attached hydrogens (tertiary/aromatic N) is 1. The largest absolute Gasteiger partial charge is 0.383 e. The first-order chi connectivity index (χ1) is 9.19. The highest BCUT2D eigenvalue weighted by atomic mass is 35.5. The smallest absolute Gasteiger partial charge is 0.129 e. The minimum atomic E-state index is -0.286. The van der Waals surface area contributed by atoms with Gasteiger partial charge in [-0.2, -0.15) is 0 Å². The molecule has 106 valence electrons. The van der Waals surface area contributed by atoms with Crippen LogP contribution in [-0.4, -0.2) is 37.7 Å². The molecule has 1 aromatic rings. The lowest BCUT2D eigenvalue weighted by atomic mass is 10.0. The van der Waals surface area contributed by atoms with Gasteiger partial charge in [-0.25, -0.2) is 4.39 Å². The predicted octanol–water partition coefficient (Wildman–Crippen LogP) is 2.59. The summed E-state index contributed by atoms with van der Waals surface area (Å²) in [6, 6.07) is 5.05. The lowest BCUT2D eigenvalue weighted by molar-refractivity contribution is 0.114. The van der Waals surface area contributed by atoms with Gasteiger partial charge >= 0.3 is 0 Å². The summed E-state index contributed by atoms with van der Waals surface area (Å²) >= 11 is 6.15. The number of benzene rings is 1. The third-order valence-corrected chi connectivity index (χ3v) is 3.86. The van der Waals surface area contributed by atoms with Gasteiger partial charge in [-0.1, -0.05) is 17.7 Å². The van der Waals surface area contributed by atoms with Gasteiger partial charge in [0.2, 0.25) is 0 Å². The van der Waals surface area contributed by atoms with E-state index in [1.807, 2.05) is 0 Å². The van der Waals surface area contributed by atoms with Crippen molar-refractivity contribution >= 4 is 11.6 Å². The quantitative estimate of drug-likeness (QED) is 0.837. The van der Waals surface area contributed by atoms with Crippen LogP contribution in [0.2, 0.25) is 5.02 Å². The van der Waals surface area contributed by atoms with E-state index >= 15 is 0 Å². The van der Waals surface area contributed by atoms with Crippen LogP contribution in [-0.2, 0) is 4.74 Å². The van der Waals surface area contributed by atoms with Crippen LogP contribution in [0.4, 0.5) is 4.39 Å². The van der Waals surface area contributed by atoms with Gasteiger partial charge in [0.05, 0.1) is 12.6 Å². The molecule has 0 aliphatic heterocycles. The third-order valence-electron chi connectivity index (χ3n) is 3.53. The number of hydrogen-bond acceptors (Lipinski definition) is 3. The van der Waals surface area contributed by atoms with E-state index in [0.717, 1.165) is 19.4 Å². The fraction of sp³-hybridized carbons (Fsp3) is 0.571. The number of ether oxygens (including phenoxy) is 1. The Morgan fingerprint density at radius 2 is 2.26 bits per heavy atom. The average Bonchev–Trinajstić information content (AvgIpc) is 3.21. The van der Waals surface area contributed by atoms with Crippen molar-refractivity contribution in [2.75, 3.05) is 26.8 Å². The van der Waals surface area contributed by atoms with Crippen LogP contribution < -0.4 is 5.73 Å². The summed E-state index contributed by atoms with van der Waals surface area (Å²) in [5, 5.41) is 0.443. The minimum absolute atomic E-state index is 0.184. The number of methoxy groups -OCH3 is 1. The molecule has 1 fully saturated rings. The number of hydrogen-bond donors (Lipinski definition) is 1. The van der Waals surface area contributed by atoms with Gasteiger partial charge in [0, 0.05) is 36.8 Å². The summed E-state index contributed by atoms with van der Waals surface area (Å²) in [6.07, 6.45) is 2.26. The Morgan fingerprint density at radius 1 is 1.53 bits per heavy atom. The average molecular weight is 287 g/mol. The maximum Gasteiger partial charge on any atom is 0.129 e. The topological polar surface area (TPSA) is 38.5 Å². The van der Waals surface area contributed by atoms with Crippen LogP contribution in [0, 0.1) is 5.82 Å². The highest BCUT2D eigenvalue weighted by molar-refractivity contribution is 6.31. The first-order valence-corrected chi connectivity index (χ1v) is 6.95. The zero-order valence-corrected chi connectivity index (χ0v) is 11.9. The van der Waals surface area contributed by atoms with Gasteiger partial charge in [-0.05, 0) is 25.0 Å². The van der Waals surface area contributed by atoms with Gasteiger partial charge in [-0.3, -0.25) is 4.90 Å². The molecule has 0 saturated heterocycles. The molecule has 1 atom stereocenters. The molecule has 1 aromatic carbocycles.